The van der Waals surface area contributed by atoms with Gasteiger partial charge in [0.15, 0.2) is 0 Å². The van der Waals surface area contributed by atoms with Gasteiger partial charge >= 0.3 is 5.97 Å². The van der Waals surface area contributed by atoms with Crippen molar-refractivity contribution in [3.63, 3.8) is 0 Å². The smallest absolute Gasteiger partial charge is 0.326 e. The predicted molar refractivity (Wildman–Crippen MR) is 75.8 cm³/mol. The van der Waals surface area contributed by atoms with Crippen LogP contribution in [0.2, 0.25) is 0 Å². The third-order valence-corrected chi connectivity index (χ3v) is 3.26. The van der Waals surface area contributed by atoms with Crippen molar-refractivity contribution in [3.05, 3.63) is 32.8 Å². The molecule has 1 N–H and O–H groups in total. The Balaban J connectivity index is 2.76. The average Bonchev–Trinajstić information content (AvgIpc) is 2.41. The van der Waals surface area contributed by atoms with Gasteiger partial charge in [0.1, 0.15) is 22.9 Å². The maximum atomic E-state index is 11.6. The molecule has 20 heavy (non-hydrogen) atoms. The number of ether oxygens (including phenoxy) is 2. The minimum Gasteiger partial charge on any atom is -0.490 e. The van der Waals surface area contributed by atoms with Crippen molar-refractivity contribution >= 4 is 27.6 Å². The van der Waals surface area contributed by atoms with Gasteiger partial charge in [-0.25, -0.2) is 0 Å². The standard InChI is InChI=1S/C12H15BrN2O5/c1-3-19-12(16)8(14-2)7-20-10-6-4-5-9(11(10)13)15(17)18/h4-6,8,14H,3,7H2,1-2H3. The maximum Gasteiger partial charge on any atom is 0.326 e. The van der Waals surface area contributed by atoms with Crippen molar-refractivity contribution < 1.29 is 19.2 Å². The molecule has 7 nitrogen and oxygen atoms in total. The summed E-state index contributed by atoms with van der Waals surface area (Å²) in [6.45, 7) is 2.00. The highest BCUT2D eigenvalue weighted by Gasteiger charge is 2.21. The first-order chi connectivity index (χ1) is 9.51. The Kier molecular flexibility index (Phi) is 6.40. The fraction of sp³-hybridized carbons (Fsp3) is 0.417. The van der Waals surface area contributed by atoms with E-state index in [1.165, 1.54) is 12.1 Å². The molecule has 0 aliphatic carbocycles. The van der Waals surface area contributed by atoms with Gasteiger partial charge in [0.25, 0.3) is 5.69 Å². The van der Waals surface area contributed by atoms with Crippen LogP contribution in [0.1, 0.15) is 6.92 Å². The second-order valence-electron chi connectivity index (χ2n) is 3.75. The zero-order chi connectivity index (χ0) is 15.1. The number of carbonyl (C=O) groups is 1. The lowest BCUT2D eigenvalue weighted by Crippen LogP contribution is -2.40. The molecule has 0 aliphatic heterocycles. The highest BCUT2D eigenvalue weighted by Crippen LogP contribution is 2.33. The summed E-state index contributed by atoms with van der Waals surface area (Å²) in [6, 6.07) is 3.81. The van der Waals surface area contributed by atoms with Gasteiger partial charge < -0.3 is 14.8 Å². The molecule has 1 atom stereocenters. The summed E-state index contributed by atoms with van der Waals surface area (Å²) < 4.78 is 10.5. The van der Waals surface area contributed by atoms with Crippen LogP contribution in [0.3, 0.4) is 0 Å². The van der Waals surface area contributed by atoms with E-state index in [0.29, 0.717) is 5.75 Å². The normalized spacial score (nSPS) is 11.8. The van der Waals surface area contributed by atoms with Crippen LogP contribution in [0.15, 0.2) is 22.7 Å². The number of carbonyl (C=O) groups excluding carboxylic acids is 1. The third kappa shape index (κ3) is 4.17. The molecule has 0 aliphatic rings. The van der Waals surface area contributed by atoms with Crippen LogP contribution in [-0.4, -0.2) is 37.2 Å². The maximum absolute atomic E-state index is 11.6. The molecule has 0 bridgehead atoms. The van der Waals surface area contributed by atoms with Gasteiger partial charge in [-0.2, -0.15) is 0 Å². The molecule has 0 aromatic heterocycles. The Bertz CT molecular complexity index is 495. The molecule has 0 saturated heterocycles. The van der Waals surface area contributed by atoms with Crippen LogP contribution in [0.5, 0.6) is 5.75 Å². The molecular weight excluding hydrogens is 332 g/mol. The van der Waals surface area contributed by atoms with Crippen LogP contribution >= 0.6 is 15.9 Å². The zero-order valence-corrected chi connectivity index (χ0v) is 12.7. The average molecular weight is 347 g/mol. The summed E-state index contributed by atoms with van der Waals surface area (Å²) in [5.74, 6) is -0.139. The van der Waals surface area contributed by atoms with E-state index < -0.39 is 16.9 Å². The predicted octanol–water partition coefficient (Wildman–Crippen LogP) is 1.89. The summed E-state index contributed by atoms with van der Waals surface area (Å²) in [7, 11) is 1.60. The second kappa shape index (κ2) is 7.81. The van der Waals surface area contributed by atoms with Gasteiger partial charge in [-0.3, -0.25) is 14.9 Å². The minimum absolute atomic E-state index is 0.00903. The molecule has 0 spiro atoms. The Morgan fingerprint density at radius 3 is 2.80 bits per heavy atom. The van der Waals surface area contributed by atoms with Gasteiger partial charge in [-0.05, 0) is 36.0 Å². The number of nitro benzene ring substituents is 1. The van der Waals surface area contributed by atoms with Crippen molar-refractivity contribution in [2.24, 2.45) is 0 Å². The molecule has 0 radical (unpaired) electrons. The number of benzene rings is 1. The van der Waals surface area contributed by atoms with E-state index in [1.807, 2.05) is 0 Å². The molecule has 0 saturated carbocycles. The molecule has 1 aromatic carbocycles. The van der Waals surface area contributed by atoms with E-state index in [-0.39, 0.29) is 23.4 Å². The molecule has 1 rings (SSSR count). The quantitative estimate of drug-likeness (QED) is 0.460. The van der Waals surface area contributed by atoms with Gasteiger partial charge in [-0.1, -0.05) is 6.07 Å². The number of hydrogen-bond donors (Lipinski definition) is 1. The summed E-state index contributed by atoms with van der Waals surface area (Å²) in [5.41, 5.74) is -0.0976. The number of rotatable bonds is 7. The van der Waals surface area contributed by atoms with Crippen molar-refractivity contribution in [1.82, 2.24) is 5.32 Å². The van der Waals surface area contributed by atoms with E-state index in [9.17, 15) is 14.9 Å². The second-order valence-corrected chi connectivity index (χ2v) is 4.54. The van der Waals surface area contributed by atoms with Gasteiger partial charge in [0.2, 0.25) is 0 Å². The Morgan fingerprint density at radius 2 is 2.25 bits per heavy atom. The molecule has 8 heteroatoms. The molecular formula is C12H15BrN2O5. The number of nitro groups is 1. The monoisotopic (exact) mass is 346 g/mol. The van der Waals surface area contributed by atoms with Gasteiger partial charge in [0.05, 0.1) is 11.5 Å². The van der Waals surface area contributed by atoms with Crippen LogP contribution in [0, 0.1) is 10.1 Å². The SMILES string of the molecule is CCOC(=O)C(COc1cccc([N+](=O)[O-])c1Br)NC. The number of likely N-dealkylation sites (N-methyl/N-ethyl adjacent to an activating group) is 1. The Hall–Kier alpha value is -1.67. The first kappa shape index (κ1) is 16.4. The Morgan fingerprint density at radius 1 is 1.55 bits per heavy atom. The number of halogens is 1. The summed E-state index contributed by atoms with van der Waals surface area (Å²) in [5, 5.41) is 13.6. The van der Waals surface area contributed by atoms with Crippen molar-refractivity contribution in [2.45, 2.75) is 13.0 Å². The van der Waals surface area contributed by atoms with Crippen molar-refractivity contribution in [1.29, 1.82) is 0 Å². The van der Waals surface area contributed by atoms with Gasteiger partial charge in [0, 0.05) is 6.07 Å². The van der Waals surface area contributed by atoms with Crippen LogP contribution in [-0.2, 0) is 9.53 Å². The zero-order valence-electron chi connectivity index (χ0n) is 11.1. The molecule has 0 heterocycles. The van der Waals surface area contributed by atoms with E-state index in [4.69, 9.17) is 9.47 Å². The molecule has 1 unspecified atom stereocenters. The van der Waals surface area contributed by atoms with E-state index >= 15 is 0 Å². The number of hydrogen-bond acceptors (Lipinski definition) is 6. The van der Waals surface area contributed by atoms with Crippen LogP contribution in [0.4, 0.5) is 5.69 Å². The van der Waals surface area contributed by atoms with E-state index in [0.717, 1.165) is 0 Å². The third-order valence-electron chi connectivity index (χ3n) is 2.46. The van der Waals surface area contributed by atoms with Crippen LogP contribution < -0.4 is 10.1 Å². The first-order valence-electron chi connectivity index (χ1n) is 5.90. The minimum atomic E-state index is -0.638. The highest BCUT2D eigenvalue weighted by molar-refractivity contribution is 9.10. The van der Waals surface area contributed by atoms with E-state index in [2.05, 4.69) is 21.2 Å². The van der Waals surface area contributed by atoms with E-state index in [1.54, 1.807) is 20.0 Å². The molecule has 0 fully saturated rings. The Labute approximate surface area is 124 Å². The molecule has 110 valence electrons. The summed E-state index contributed by atoms with van der Waals surface area (Å²) in [4.78, 5) is 21.9. The van der Waals surface area contributed by atoms with Crippen molar-refractivity contribution in [3.8, 4) is 5.75 Å². The largest absolute Gasteiger partial charge is 0.490 e. The fourth-order valence-corrected chi connectivity index (χ4v) is 1.96. The summed E-state index contributed by atoms with van der Waals surface area (Å²) in [6.07, 6.45) is 0. The highest BCUT2D eigenvalue weighted by atomic mass is 79.9. The molecule has 0 amide bonds. The lowest BCUT2D eigenvalue weighted by atomic mass is 10.3. The molecule has 1 aromatic rings. The lowest BCUT2D eigenvalue weighted by molar-refractivity contribution is -0.385. The topological polar surface area (TPSA) is 90.7 Å². The van der Waals surface area contributed by atoms with Crippen molar-refractivity contribution in [2.75, 3.05) is 20.3 Å². The lowest BCUT2D eigenvalue weighted by Gasteiger charge is -2.16. The number of esters is 1. The summed E-state index contributed by atoms with van der Waals surface area (Å²) >= 11 is 3.12. The fourth-order valence-electron chi connectivity index (χ4n) is 1.44. The number of nitrogens with zero attached hydrogens (tertiary/aromatic N) is 1. The van der Waals surface area contributed by atoms with Crippen LogP contribution in [0.25, 0.3) is 0 Å². The number of nitrogens with one attached hydrogen (secondary N) is 1. The van der Waals surface area contributed by atoms with Gasteiger partial charge in [-0.15, -0.1) is 0 Å². The first-order valence-corrected chi connectivity index (χ1v) is 6.70.